The molecule has 0 aromatic carbocycles. The topological polar surface area (TPSA) is 54.9 Å². The van der Waals surface area contributed by atoms with E-state index in [0.717, 1.165) is 21.1 Å². The molecule has 0 aliphatic rings. The number of aryl methyl sites for hydroxylation is 2. The van der Waals surface area contributed by atoms with Gasteiger partial charge in [0.25, 0.3) is 5.91 Å². The molecule has 0 saturated heterocycles. The first-order valence-corrected chi connectivity index (χ1v) is 8.09. The van der Waals surface area contributed by atoms with Crippen LogP contribution in [0.25, 0.3) is 9.88 Å². The first-order valence-electron chi connectivity index (χ1n) is 6.39. The maximum Gasteiger partial charge on any atom is 0.268 e. The van der Waals surface area contributed by atoms with Crippen molar-refractivity contribution in [3.8, 4) is 9.88 Å². The van der Waals surface area contributed by atoms with Crippen LogP contribution in [0.4, 0.5) is 5.82 Å². The molecule has 6 heteroatoms. The van der Waals surface area contributed by atoms with E-state index in [9.17, 15) is 4.79 Å². The largest absolute Gasteiger partial charge is 0.306 e. The number of thiazole rings is 1. The van der Waals surface area contributed by atoms with Crippen molar-refractivity contribution < 1.29 is 4.79 Å². The van der Waals surface area contributed by atoms with Gasteiger partial charge in [0.1, 0.15) is 15.7 Å². The molecule has 0 radical (unpaired) electrons. The van der Waals surface area contributed by atoms with Crippen LogP contribution in [0.1, 0.15) is 20.9 Å². The van der Waals surface area contributed by atoms with Crippen molar-refractivity contribution in [1.29, 1.82) is 0 Å². The summed E-state index contributed by atoms with van der Waals surface area (Å²) in [5, 5.41) is 5.73. The van der Waals surface area contributed by atoms with Gasteiger partial charge in [0, 0.05) is 6.20 Å². The third kappa shape index (κ3) is 2.86. The van der Waals surface area contributed by atoms with E-state index in [4.69, 9.17) is 0 Å². The third-order valence-electron chi connectivity index (χ3n) is 2.98. The lowest BCUT2D eigenvalue weighted by atomic mass is 10.3. The number of carbonyl (C=O) groups is 1. The number of carbonyl (C=O) groups excluding carboxylic acids is 1. The van der Waals surface area contributed by atoms with Crippen molar-refractivity contribution in [3.63, 3.8) is 0 Å². The molecular weight excluding hydrogens is 302 g/mol. The summed E-state index contributed by atoms with van der Waals surface area (Å²) < 4.78 is 0. The minimum atomic E-state index is -0.158. The number of hydrogen-bond acceptors (Lipinski definition) is 5. The summed E-state index contributed by atoms with van der Waals surface area (Å²) in [6.45, 7) is 3.77. The Morgan fingerprint density at radius 1 is 1.24 bits per heavy atom. The molecule has 0 fully saturated rings. The predicted molar refractivity (Wildman–Crippen MR) is 87.1 cm³/mol. The van der Waals surface area contributed by atoms with Crippen LogP contribution in [-0.2, 0) is 0 Å². The highest BCUT2D eigenvalue weighted by molar-refractivity contribution is 7.22. The summed E-state index contributed by atoms with van der Waals surface area (Å²) in [5.74, 6) is 0.433. The van der Waals surface area contributed by atoms with Crippen LogP contribution in [-0.4, -0.2) is 15.9 Å². The van der Waals surface area contributed by atoms with Gasteiger partial charge in [0.15, 0.2) is 0 Å². The van der Waals surface area contributed by atoms with Gasteiger partial charge in [-0.05, 0) is 36.9 Å². The Morgan fingerprint density at radius 2 is 2.10 bits per heavy atom. The molecule has 0 aliphatic heterocycles. The molecule has 0 spiro atoms. The fourth-order valence-corrected chi connectivity index (χ4v) is 3.65. The van der Waals surface area contributed by atoms with Gasteiger partial charge in [-0.25, -0.2) is 9.97 Å². The van der Waals surface area contributed by atoms with Crippen molar-refractivity contribution in [2.45, 2.75) is 13.8 Å². The smallest absolute Gasteiger partial charge is 0.268 e. The highest BCUT2D eigenvalue weighted by atomic mass is 32.1. The summed E-state index contributed by atoms with van der Waals surface area (Å²) >= 11 is 3.03. The lowest BCUT2D eigenvalue weighted by Crippen LogP contribution is -2.13. The van der Waals surface area contributed by atoms with E-state index in [1.807, 2.05) is 43.5 Å². The molecule has 3 heterocycles. The van der Waals surface area contributed by atoms with Gasteiger partial charge in [-0.2, -0.15) is 0 Å². The van der Waals surface area contributed by atoms with E-state index < -0.39 is 0 Å². The Kier molecular flexibility index (Phi) is 3.81. The van der Waals surface area contributed by atoms with Crippen LogP contribution < -0.4 is 5.32 Å². The molecule has 3 aromatic rings. The summed E-state index contributed by atoms with van der Waals surface area (Å²) in [6.07, 6.45) is 1.67. The molecule has 3 aromatic heterocycles. The number of rotatable bonds is 3. The number of amides is 1. The number of hydrogen-bond donors (Lipinski definition) is 1. The lowest BCUT2D eigenvalue weighted by Gasteiger charge is -2.05. The van der Waals surface area contributed by atoms with E-state index in [1.54, 1.807) is 17.5 Å². The quantitative estimate of drug-likeness (QED) is 0.790. The maximum absolute atomic E-state index is 12.4. The number of aromatic nitrogens is 2. The van der Waals surface area contributed by atoms with Crippen LogP contribution in [0.5, 0.6) is 0 Å². The number of nitrogens with one attached hydrogen (secondary N) is 1. The molecule has 21 heavy (non-hydrogen) atoms. The van der Waals surface area contributed by atoms with Gasteiger partial charge >= 0.3 is 0 Å². The molecule has 1 amide bonds. The molecule has 0 saturated carbocycles. The van der Waals surface area contributed by atoms with Crippen LogP contribution in [0.3, 0.4) is 0 Å². The van der Waals surface area contributed by atoms with E-state index in [2.05, 4.69) is 15.3 Å². The first kappa shape index (κ1) is 13.9. The zero-order valence-corrected chi connectivity index (χ0v) is 13.2. The standard InChI is InChI=1S/C15H13N3OS2/c1-9-5-3-7-16-13(9)18-14(19)12-10(2)17-15(21-12)11-6-4-8-20-11/h3-8H,1-2H3,(H,16,18,19). The van der Waals surface area contributed by atoms with Crippen LogP contribution in [0.15, 0.2) is 35.8 Å². The molecule has 0 bridgehead atoms. The molecule has 0 unspecified atom stereocenters. The Morgan fingerprint density at radius 3 is 2.81 bits per heavy atom. The summed E-state index contributed by atoms with van der Waals surface area (Å²) in [6, 6.07) is 7.75. The number of thiophene rings is 1. The van der Waals surface area contributed by atoms with Crippen LogP contribution >= 0.6 is 22.7 Å². The van der Waals surface area contributed by atoms with E-state index >= 15 is 0 Å². The Bertz CT molecular complexity index is 778. The van der Waals surface area contributed by atoms with E-state index in [-0.39, 0.29) is 5.91 Å². The molecular formula is C15H13N3OS2. The van der Waals surface area contributed by atoms with Crippen LogP contribution in [0, 0.1) is 13.8 Å². The fraction of sp³-hybridized carbons (Fsp3) is 0.133. The normalized spacial score (nSPS) is 10.6. The highest BCUT2D eigenvalue weighted by Crippen LogP contribution is 2.31. The molecule has 106 valence electrons. The molecule has 3 rings (SSSR count). The second-order valence-electron chi connectivity index (χ2n) is 4.53. The lowest BCUT2D eigenvalue weighted by molar-refractivity contribution is 0.102. The molecule has 0 atom stereocenters. The van der Waals surface area contributed by atoms with Crippen molar-refractivity contribution in [2.75, 3.05) is 5.32 Å². The molecule has 4 nitrogen and oxygen atoms in total. The van der Waals surface area contributed by atoms with Gasteiger partial charge in [-0.15, -0.1) is 22.7 Å². The Hall–Kier alpha value is -2.05. The minimum absolute atomic E-state index is 0.158. The number of nitrogens with zero attached hydrogens (tertiary/aromatic N) is 2. The predicted octanol–water partition coefficient (Wildman–Crippen LogP) is 4.14. The maximum atomic E-state index is 12.4. The minimum Gasteiger partial charge on any atom is -0.306 e. The number of anilines is 1. The molecule has 1 N–H and O–H groups in total. The fourth-order valence-electron chi connectivity index (χ4n) is 1.89. The second kappa shape index (κ2) is 5.75. The van der Waals surface area contributed by atoms with Crippen LogP contribution in [0.2, 0.25) is 0 Å². The summed E-state index contributed by atoms with van der Waals surface area (Å²) in [7, 11) is 0. The zero-order valence-electron chi connectivity index (χ0n) is 11.6. The van der Waals surface area contributed by atoms with Crippen molar-refractivity contribution >= 4 is 34.4 Å². The van der Waals surface area contributed by atoms with Gasteiger partial charge in [-0.3, -0.25) is 4.79 Å². The third-order valence-corrected chi connectivity index (χ3v) is 5.17. The second-order valence-corrected chi connectivity index (χ2v) is 6.48. The van der Waals surface area contributed by atoms with Gasteiger partial charge in [0.2, 0.25) is 0 Å². The Balaban J connectivity index is 1.87. The highest BCUT2D eigenvalue weighted by Gasteiger charge is 2.17. The van der Waals surface area contributed by atoms with E-state index in [0.29, 0.717) is 10.7 Å². The van der Waals surface area contributed by atoms with Gasteiger partial charge in [-0.1, -0.05) is 12.1 Å². The van der Waals surface area contributed by atoms with Gasteiger partial charge < -0.3 is 5.32 Å². The summed E-state index contributed by atoms with van der Waals surface area (Å²) in [4.78, 5) is 22.8. The monoisotopic (exact) mass is 315 g/mol. The SMILES string of the molecule is Cc1cccnc1NC(=O)c1sc(-c2cccs2)nc1C. The average Bonchev–Trinajstić information content (AvgIpc) is 3.10. The zero-order chi connectivity index (χ0) is 14.8. The van der Waals surface area contributed by atoms with Crippen molar-refractivity contribution in [1.82, 2.24) is 9.97 Å². The van der Waals surface area contributed by atoms with Crippen molar-refractivity contribution in [3.05, 3.63) is 52.0 Å². The molecule has 0 aliphatic carbocycles. The van der Waals surface area contributed by atoms with E-state index in [1.165, 1.54) is 11.3 Å². The average molecular weight is 315 g/mol. The number of pyridine rings is 1. The summed E-state index contributed by atoms with van der Waals surface area (Å²) in [5.41, 5.74) is 1.68. The first-order chi connectivity index (χ1) is 10.1. The van der Waals surface area contributed by atoms with Crippen molar-refractivity contribution in [2.24, 2.45) is 0 Å². The Labute approximate surface area is 130 Å². The van der Waals surface area contributed by atoms with Gasteiger partial charge in [0.05, 0.1) is 10.6 Å².